The van der Waals surface area contributed by atoms with Crippen molar-refractivity contribution in [3.63, 3.8) is 0 Å². The number of benzene rings is 1. The summed E-state index contributed by atoms with van der Waals surface area (Å²) in [7, 11) is 1.72. The van der Waals surface area contributed by atoms with Gasteiger partial charge >= 0.3 is 0 Å². The van der Waals surface area contributed by atoms with E-state index in [1.54, 1.807) is 13.2 Å². The summed E-state index contributed by atoms with van der Waals surface area (Å²) >= 11 is 5.92. The topological polar surface area (TPSA) is 50.3 Å². The van der Waals surface area contributed by atoms with Crippen molar-refractivity contribution in [2.75, 3.05) is 19.0 Å². The van der Waals surface area contributed by atoms with Gasteiger partial charge in [0.2, 0.25) is 0 Å². The van der Waals surface area contributed by atoms with E-state index >= 15 is 0 Å². The van der Waals surface area contributed by atoms with Crippen LogP contribution in [0, 0.1) is 5.41 Å². The van der Waals surface area contributed by atoms with Gasteiger partial charge in [-0.2, -0.15) is 0 Å². The number of anilines is 1. The van der Waals surface area contributed by atoms with E-state index in [9.17, 15) is 0 Å². The molecule has 5 rings (SSSR count). The second-order valence-electron chi connectivity index (χ2n) is 9.67. The van der Waals surface area contributed by atoms with E-state index in [4.69, 9.17) is 16.3 Å². The van der Waals surface area contributed by atoms with Crippen molar-refractivity contribution >= 4 is 17.4 Å². The van der Waals surface area contributed by atoms with Gasteiger partial charge in [0.05, 0.1) is 7.11 Å². The largest absolute Gasteiger partial charge is 0.497 e. The molecule has 3 atom stereocenters. The normalized spacial score (nSPS) is 29.7. The number of aromatic nitrogens is 2. The first kappa shape index (κ1) is 21.4. The highest BCUT2D eigenvalue weighted by atomic mass is 35.5. The average Bonchev–Trinajstić information content (AvgIpc) is 2.71. The minimum Gasteiger partial charge on any atom is -0.497 e. The maximum atomic E-state index is 5.92. The Morgan fingerprint density at radius 2 is 1.87 bits per heavy atom. The molecule has 1 aromatic heterocycles. The third kappa shape index (κ3) is 4.89. The van der Waals surface area contributed by atoms with Crippen LogP contribution in [0.25, 0.3) is 0 Å². The molecule has 0 amide bonds. The highest BCUT2D eigenvalue weighted by Crippen LogP contribution is 2.45. The molecule has 2 saturated heterocycles. The van der Waals surface area contributed by atoms with Gasteiger partial charge in [0.15, 0.2) is 5.15 Å². The Balaban J connectivity index is 1.56. The molecule has 6 heteroatoms. The third-order valence-corrected chi connectivity index (χ3v) is 7.39. The molecule has 1 aromatic carbocycles. The molecule has 30 heavy (non-hydrogen) atoms. The van der Waals surface area contributed by atoms with Crippen LogP contribution in [0.4, 0.5) is 5.82 Å². The van der Waals surface area contributed by atoms with Crippen LogP contribution in [0.3, 0.4) is 0 Å². The number of rotatable bonds is 5. The summed E-state index contributed by atoms with van der Waals surface area (Å²) in [5.41, 5.74) is 1.84. The van der Waals surface area contributed by atoms with Crippen molar-refractivity contribution in [2.24, 2.45) is 5.41 Å². The first-order valence-corrected chi connectivity index (χ1v) is 11.4. The molecule has 2 bridgehead atoms. The zero-order valence-corrected chi connectivity index (χ0v) is 19.1. The Kier molecular flexibility index (Phi) is 6.21. The first-order chi connectivity index (χ1) is 14.4. The Labute approximate surface area is 185 Å². The molecule has 0 unspecified atom stereocenters. The van der Waals surface area contributed by atoms with E-state index in [1.165, 1.54) is 37.7 Å². The Bertz CT molecular complexity index is 843. The van der Waals surface area contributed by atoms with Crippen LogP contribution in [0.5, 0.6) is 5.75 Å². The summed E-state index contributed by atoms with van der Waals surface area (Å²) in [5, 5.41) is 12.4. The summed E-state index contributed by atoms with van der Waals surface area (Å²) in [4.78, 5) is 2.72. The van der Waals surface area contributed by atoms with Crippen LogP contribution >= 0.6 is 11.6 Å². The zero-order valence-electron chi connectivity index (χ0n) is 18.3. The van der Waals surface area contributed by atoms with Crippen molar-refractivity contribution < 1.29 is 4.74 Å². The maximum Gasteiger partial charge on any atom is 0.151 e. The monoisotopic (exact) mass is 428 g/mol. The molecule has 2 aromatic rings. The van der Waals surface area contributed by atoms with Crippen LogP contribution < -0.4 is 10.1 Å². The second kappa shape index (κ2) is 8.72. The SMILES string of the molecule is COc1ccc(CN2CC[C@]3(C)CCC[C@]2(C)C[C@@H](Nc2ccc(Cl)nn2)C3)cc1. The number of fused-ring (bicyclic) bond motifs is 6. The lowest BCUT2D eigenvalue weighted by Crippen LogP contribution is -2.54. The molecular formula is C24H33ClN4O. The van der Waals surface area contributed by atoms with Crippen LogP contribution in [0.1, 0.15) is 57.9 Å². The number of halogens is 1. The van der Waals surface area contributed by atoms with Gasteiger partial charge in [-0.05, 0) is 80.8 Å². The predicted octanol–water partition coefficient (Wildman–Crippen LogP) is 5.55. The molecule has 1 N–H and O–H groups in total. The molecule has 3 heterocycles. The lowest BCUT2D eigenvalue weighted by Gasteiger charge is -2.52. The van der Waals surface area contributed by atoms with Gasteiger partial charge in [0.1, 0.15) is 11.6 Å². The summed E-state index contributed by atoms with van der Waals surface area (Å²) in [6.07, 6.45) is 7.31. The quantitative estimate of drug-likeness (QED) is 0.676. The number of ether oxygens (including phenoxy) is 1. The Morgan fingerprint density at radius 1 is 1.07 bits per heavy atom. The zero-order chi connectivity index (χ0) is 21.2. The lowest BCUT2D eigenvalue weighted by molar-refractivity contribution is 0.00651. The van der Waals surface area contributed by atoms with Crippen molar-refractivity contribution in [3.8, 4) is 5.75 Å². The highest BCUT2D eigenvalue weighted by molar-refractivity contribution is 6.29. The fraction of sp³-hybridized carbons (Fsp3) is 0.583. The minimum absolute atomic E-state index is 0.152. The number of nitrogens with one attached hydrogen (secondary N) is 1. The van der Waals surface area contributed by atoms with Crippen LogP contribution in [-0.4, -0.2) is 40.3 Å². The summed E-state index contributed by atoms with van der Waals surface area (Å²) < 4.78 is 5.33. The van der Waals surface area contributed by atoms with E-state index in [2.05, 4.69) is 58.5 Å². The van der Waals surface area contributed by atoms with Crippen molar-refractivity contribution in [1.82, 2.24) is 15.1 Å². The molecule has 3 fully saturated rings. The van der Waals surface area contributed by atoms with Crippen molar-refractivity contribution in [3.05, 3.63) is 47.1 Å². The molecule has 3 aliphatic rings. The average molecular weight is 429 g/mol. The van der Waals surface area contributed by atoms with Crippen LogP contribution in [-0.2, 0) is 6.54 Å². The molecule has 1 aliphatic carbocycles. The van der Waals surface area contributed by atoms with Gasteiger partial charge in [-0.25, -0.2) is 0 Å². The van der Waals surface area contributed by atoms with Crippen LogP contribution in [0.2, 0.25) is 5.15 Å². The summed E-state index contributed by atoms with van der Waals surface area (Å²) in [6.45, 7) is 7.04. The summed E-state index contributed by atoms with van der Waals surface area (Å²) in [6, 6.07) is 12.6. The van der Waals surface area contributed by atoms with E-state index < -0.39 is 0 Å². The fourth-order valence-corrected chi connectivity index (χ4v) is 5.51. The molecule has 0 spiro atoms. The number of hydrogen-bond acceptors (Lipinski definition) is 5. The third-order valence-electron chi connectivity index (χ3n) is 7.19. The molecule has 2 aliphatic heterocycles. The first-order valence-electron chi connectivity index (χ1n) is 11.0. The number of nitrogens with zero attached hydrogens (tertiary/aromatic N) is 3. The molecule has 1 saturated carbocycles. The fourth-order valence-electron chi connectivity index (χ4n) is 5.41. The highest BCUT2D eigenvalue weighted by Gasteiger charge is 2.43. The summed E-state index contributed by atoms with van der Waals surface area (Å²) in [5.74, 6) is 1.73. The molecule has 162 valence electrons. The van der Waals surface area contributed by atoms with Gasteiger partial charge in [0, 0.05) is 18.1 Å². The van der Waals surface area contributed by atoms with E-state index in [-0.39, 0.29) is 5.54 Å². The van der Waals surface area contributed by atoms with Gasteiger partial charge in [-0.3, -0.25) is 4.90 Å². The van der Waals surface area contributed by atoms with Crippen LogP contribution in [0.15, 0.2) is 36.4 Å². The van der Waals surface area contributed by atoms with Crippen molar-refractivity contribution in [1.29, 1.82) is 0 Å². The van der Waals surface area contributed by atoms with Gasteiger partial charge < -0.3 is 10.1 Å². The smallest absolute Gasteiger partial charge is 0.151 e. The Morgan fingerprint density at radius 3 is 2.57 bits per heavy atom. The minimum atomic E-state index is 0.152. The van der Waals surface area contributed by atoms with Gasteiger partial charge in [-0.15, -0.1) is 10.2 Å². The van der Waals surface area contributed by atoms with Crippen molar-refractivity contribution in [2.45, 2.75) is 70.5 Å². The molecular weight excluding hydrogens is 396 g/mol. The predicted molar refractivity (Wildman–Crippen MR) is 122 cm³/mol. The molecule has 0 radical (unpaired) electrons. The second-order valence-corrected chi connectivity index (χ2v) is 10.1. The van der Waals surface area contributed by atoms with E-state index in [0.717, 1.165) is 31.1 Å². The van der Waals surface area contributed by atoms with Gasteiger partial charge in [-0.1, -0.05) is 37.1 Å². The maximum absolute atomic E-state index is 5.92. The standard InChI is InChI=1S/C24H33ClN4O/c1-23-11-4-12-24(2,16-19(15-23)26-22-10-9-21(25)27-28-22)29(14-13-23)17-18-5-7-20(30-3)8-6-18/h5-10,19H,4,11-17H2,1-3H3,(H,26,28)/t19-,23-,24+/m0/s1. The lowest BCUT2D eigenvalue weighted by atomic mass is 9.67. The van der Waals surface area contributed by atoms with E-state index in [0.29, 0.717) is 16.6 Å². The Hall–Kier alpha value is -1.85. The van der Waals surface area contributed by atoms with Gasteiger partial charge in [0.25, 0.3) is 0 Å². The van der Waals surface area contributed by atoms with E-state index in [1.807, 2.05) is 6.07 Å². The number of hydrogen-bond donors (Lipinski definition) is 1. The molecule has 5 nitrogen and oxygen atoms in total. The number of methoxy groups -OCH3 is 1.